The number of ether oxygens (including phenoxy) is 3. The van der Waals surface area contributed by atoms with E-state index in [1.807, 2.05) is 18.2 Å². The SMILES string of the molecule is C/C(=C\C(=O)O)c1ccc2nc(CN3CCC(Oc4ccc(F)c(COc5ccc(Cl)cc5F)n4)CC3)n(C[C@@H]3CCO3)c2c1. The fourth-order valence-electron chi connectivity index (χ4n) is 5.57. The van der Waals surface area contributed by atoms with Crippen molar-refractivity contribution in [2.24, 2.45) is 0 Å². The molecule has 0 spiro atoms. The Bertz CT molecular complexity index is 1730. The van der Waals surface area contributed by atoms with Crippen molar-refractivity contribution in [2.45, 2.75) is 58.1 Å². The summed E-state index contributed by atoms with van der Waals surface area (Å²) in [5.41, 5.74) is 3.34. The lowest BCUT2D eigenvalue weighted by Crippen LogP contribution is -2.39. The lowest BCUT2D eigenvalue weighted by atomic mass is 10.1. The molecule has 2 aromatic heterocycles. The van der Waals surface area contributed by atoms with Crippen LogP contribution in [0.4, 0.5) is 8.78 Å². The largest absolute Gasteiger partial charge is 0.484 e. The number of pyridine rings is 1. The van der Waals surface area contributed by atoms with Gasteiger partial charge in [-0.1, -0.05) is 17.7 Å². The van der Waals surface area contributed by atoms with Crippen LogP contribution in [-0.4, -0.2) is 62.4 Å². The van der Waals surface area contributed by atoms with E-state index in [1.165, 1.54) is 30.3 Å². The first kappa shape index (κ1) is 30.9. The molecule has 0 unspecified atom stereocenters. The molecule has 6 rings (SSSR count). The van der Waals surface area contributed by atoms with Gasteiger partial charge >= 0.3 is 5.97 Å². The zero-order chi connectivity index (χ0) is 31.5. The molecule has 2 saturated heterocycles. The standard InChI is InChI=1S/C33H33ClF2N4O5/c1-20(14-33(41)42)21-2-5-27-29(15-21)40(17-24-10-13-43-24)31(37-27)18-39-11-8-23(9-12-39)45-32-7-4-25(35)28(38-32)19-44-30-6-3-22(34)16-26(30)36/h2-7,14-16,23-24H,8-13,17-19H2,1H3,(H,41,42)/b20-14+/t24-/m0/s1. The van der Waals surface area contributed by atoms with Crippen LogP contribution in [0.3, 0.4) is 0 Å². The smallest absolute Gasteiger partial charge is 0.328 e. The lowest BCUT2D eigenvalue weighted by molar-refractivity contribution is -0.131. The van der Waals surface area contributed by atoms with E-state index in [9.17, 15) is 18.7 Å². The first-order chi connectivity index (χ1) is 21.7. The Morgan fingerprint density at radius 2 is 1.89 bits per heavy atom. The van der Waals surface area contributed by atoms with Crippen LogP contribution in [0.5, 0.6) is 11.6 Å². The van der Waals surface area contributed by atoms with E-state index in [4.69, 9.17) is 30.8 Å². The van der Waals surface area contributed by atoms with Crippen molar-refractivity contribution in [3.05, 3.63) is 88.3 Å². The highest BCUT2D eigenvalue weighted by Gasteiger charge is 2.26. The molecule has 0 amide bonds. The van der Waals surface area contributed by atoms with Crippen LogP contribution in [-0.2, 0) is 29.2 Å². The number of nitrogens with zero attached hydrogens (tertiary/aromatic N) is 4. The Morgan fingerprint density at radius 3 is 2.60 bits per heavy atom. The number of fused-ring (bicyclic) bond motifs is 1. The fourth-order valence-corrected chi connectivity index (χ4v) is 5.73. The summed E-state index contributed by atoms with van der Waals surface area (Å²) in [7, 11) is 0. The molecule has 45 heavy (non-hydrogen) atoms. The maximum Gasteiger partial charge on any atom is 0.328 e. The molecule has 4 heterocycles. The summed E-state index contributed by atoms with van der Waals surface area (Å²) >= 11 is 5.79. The van der Waals surface area contributed by atoms with Gasteiger partial charge in [-0.15, -0.1) is 0 Å². The number of halogens is 3. The second kappa shape index (κ2) is 13.5. The van der Waals surface area contributed by atoms with Crippen LogP contribution in [0, 0.1) is 11.6 Å². The van der Waals surface area contributed by atoms with E-state index >= 15 is 0 Å². The zero-order valence-corrected chi connectivity index (χ0v) is 25.5. The number of carboxylic acids is 1. The van der Waals surface area contributed by atoms with Gasteiger partial charge in [0.15, 0.2) is 11.6 Å². The van der Waals surface area contributed by atoms with Gasteiger partial charge in [0.2, 0.25) is 5.88 Å². The third-order valence-electron chi connectivity index (χ3n) is 8.14. The first-order valence-electron chi connectivity index (χ1n) is 14.9. The average molecular weight is 639 g/mol. The minimum absolute atomic E-state index is 0.0189. The van der Waals surface area contributed by atoms with Crippen molar-refractivity contribution in [3.63, 3.8) is 0 Å². The lowest BCUT2D eigenvalue weighted by Gasteiger charge is -2.32. The Balaban J connectivity index is 1.09. The molecule has 4 aromatic rings. The van der Waals surface area contributed by atoms with E-state index in [2.05, 4.69) is 14.5 Å². The molecule has 2 aliphatic heterocycles. The van der Waals surface area contributed by atoms with Crippen molar-refractivity contribution in [1.29, 1.82) is 0 Å². The number of benzene rings is 2. The summed E-state index contributed by atoms with van der Waals surface area (Å²) in [6.07, 6.45) is 3.72. The van der Waals surface area contributed by atoms with Crippen molar-refractivity contribution in [1.82, 2.24) is 19.4 Å². The molecule has 2 aromatic carbocycles. The van der Waals surface area contributed by atoms with Gasteiger partial charge in [0.25, 0.3) is 0 Å². The molecule has 0 aliphatic carbocycles. The number of carboxylic acid groups (broad SMARTS) is 1. The van der Waals surface area contributed by atoms with Crippen molar-refractivity contribution in [2.75, 3.05) is 19.7 Å². The molecular weight excluding hydrogens is 606 g/mol. The summed E-state index contributed by atoms with van der Waals surface area (Å²) in [5.74, 6) is -1.01. The van der Waals surface area contributed by atoms with Gasteiger partial charge in [-0.05, 0) is 73.7 Å². The molecule has 12 heteroatoms. The van der Waals surface area contributed by atoms with E-state index in [0.29, 0.717) is 18.7 Å². The number of carbonyl (C=O) groups is 1. The molecule has 236 valence electrons. The van der Waals surface area contributed by atoms with Crippen molar-refractivity contribution in [3.8, 4) is 11.6 Å². The van der Waals surface area contributed by atoms with Gasteiger partial charge in [-0.25, -0.2) is 23.5 Å². The highest BCUT2D eigenvalue weighted by molar-refractivity contribution is 6.30. The number of rotatable bonds is 11. The zero-order valence-electron chi connectivity index (χ0n) is 24.7. The number of likely N-dealkylation sites (tertiary alicyclic amines) is 1. The minimum Gasteiger partial charge on any atom is -0.484 e. The maximum absolute atomic E-state index is 14.4. The van der Waals surface area contributed by atoms with E-state index in [-0.39, 0.29) is 41.2 Å². The highest BCUT2D eigenvalue weighted by Crippen LogP contribution is 2.27. The molecule has 2 fully saturated rings. The molecule has 1 N–H and O–H groups in total. The topological polar surface area (TPSA) is 98.9 Å². The predicted molar refractivity (Wildman–Crippen MR) is 164 cm³/mol. The Kier molecular flexibility index (Phi) is 9.29. The number of aromatic nitrogens is 3. The quantitative estimate of drug-likeness (QED) is 0.192. The number of allylic oxidation sites excluding steroid dienone is 1. The summed E-state index contributed by atoms with van der Waals surface area (Å²) in [5, 5.41) is 9.44. The molecule has 9 nitrogen and oxygen atoms in total. The molecule has 1 atom stereocenters. The van der Waals surface area contributed by atoms with E-state index in [0.717, 1.165) is 67.4 Å². The summed E-state index contributed by atoms with van der Waals surface area (Å²) in [4.78, 5) is 22.8. The van der Waals surface area contributed by atoms with Crippen LogP contribution in [0.1, 0.15) is 43.3 Å². The van der Waals surface area contributed by atoms with E-state index < -0.39 is 17.6 Å². The average Bonchev–Trinajstić information content (AvgIpc) is 3.32. The molecule has 0 radical (unpaired) electrons. The highest BCUT2D eigenvalue weighted by atomic mass is 35.5. The second-order valence-corrected chi connectivity index (χ2v) is 11.8. The number of imidazole rings is 1. The maximum atomic E-state index is 14.4. The van der Waals surface area contributed by atoms with Crippen molar-refractivity contribution < 1.29 is 32.9 Å². The predicted octanol–water partition coefficient (Wildman–Crippen LogP) is 6.26. The Morgan fingerprint density at radius 1 is 1.09 bits per heavy atom. The monoisotopic (exact) mass is 638 g/mol. The third-order valence-corrected chi connectivity index (χ3v) is 8.38. The number of aliphatic carboxylic acids is 1. The molecule has 2 aliphatic rings. The summed E-state index contributed by atoms with van der Waals surface area (Å²) < 4.78 is 48.0. The number of piperidine rings is 1. The number of hydrogen-bond acceptors (Lipinski definition) is 7. The van der Waals surface area contributed by atoms with Gasteiger partial charge < -0.3 is 23.9 Å². The van der Waals surface area contributed by atoms with Crippen LogP contribution in [0.25, 0.3) is 16.6 Å². The minimum atomic E-state index is -0.979. The Hall–Kier alpha value is -4.06. The first-order valence-corrected chi connectivity index (χ1v) is 15.2. The van der Waals surface area contributed by atoms with Crippen LogP contribution >= 0.6 is 11.6 Å². The van der Waals surface area contributed by atoms with Gasteiger partial charge in [0, 0.05) is 36.9 Å². The van der Waals surface area contributed by atoms with E-state index in [1.54, 1.807) is 6.92 Å². The second-order valence-electron chi connectivity index (χ2n) is 11.3. The Labute approximate surface area is 264 Å². The van der Waals surface area contributed by atoms with Gasteiger partial charge in [-0.3, -0.25) is 4.90 Å². The molecule has 0 saturated carbocycles. The molecular formula is C33H33ClF2N4O5. The van der Waals surface area contributed by atoms with Gasteiger partial charge in [-0.2, -0.15) is 0 Å². The van der Waals surface area contributed by atoms with Crippen LogP contribution in [0.15, 0.2) is 54.6 Å². The molecule has 0 bridgehead atoms. The van der Waals surface area contributed by atoms with Gasteiger partial charge in [0.1, 0.15) is 30.0 Å². The normalized spacial score (nSPS) is 17.8. The number of hydrogen-bond donors (Lipinski definition) is 1. The van der Waals surface area contributed by atoms with Gasteiger partial charge in [0.05, 0.1) is 30.2 Å². The summed E-state index contributed by atoms with van der Waals surface area (Å²) in [6, 6.07) is 12.6. The summed E-state index contributed by atoms with van der Waals surface area (Å²) in [6.45, 7) is 5.15. The third kappa shape index (κ3) is 7.43. The van der Waals surface area contributed by atoms with Crippen molar-refractivity contribution >= 4 is 34.2 Å². The van der Waals surface area contributed by atoms with Crippen LogP contribution < -0.4 is 9.47 Å². The fraction of sp³-hybridized carbons (Fsp3) is 0.364. The van der Waals surface area contributed by atoms with Crippen LogP contribution in [0.2, 0.25) is 5.02 Å².